The van der Waals surface area contributed by atoms with Gasteiger partial charge in [0, 0.05) is 12.1 Å². The second-order valence-corrected chi connectivity index (χ2v) is 5.65. The van der Waals surface area contributed by atoms with Crippen LogP contribution >= 0.6 is 23.6 Å². The lowest BCUT2D eigenvalue weighted by Gasteiger charge is -2.02. The van der Waals surface area contributed by atoms with Crippen LogP contribution in [-0.2, 0) is 0 Å². The topological polar surface area (TPSA) is 125 Å². The summed E-state index contributed by atoms with van der Waals surface area (Å²) in [4.78, 5) is 21.7. The molecule has 0 aliphatic heterocycles. The Morgan fingerprint density at radius 3 is 2.68 bits per heavy atom. The molecule has 0 radical (unpaired) electrons. The maximum atomic E-state index is 11.6. The molecule has 0 bridgehead atoms. The van der Waals surface area contributed by atoms with Crippen molar-refractivity contribution in [3.05, 3.63) is 43.9 Å². The molecular weight excluding hydrogens is 328 g/mol. The number of urea groups is 1. The van der Waals surface area contributed by atoms with Crippen LogP contribution in [0, 0.1) is 14.1 Å². The summed E-state index contributed by atoms with van der Waals surface area (Å²) in [5.41, 5.74) is 3.44. The number of nitrogens with zero attached hydrogens (tertiary/aromatic N) is 3. The van der Waals surface area contributed by atoms with Gasteiger partial charge in [-0.15, -0.1) is 5.10 Å². The summed E-state index contributed by atoms with van der Waals surface area (Å²) in [5.74, 6) is 0. The standard InChI is InChI=1S/C11H10N6O3S2/c1-6(7-2-4-8(5-3-7)17(19)20)13-14-9(18)12-10-15-16-11(21)22-10/h2-5H,1H3,(H,16,21)(H2,12,14,15,18)/b13-6+. The number of nitro benzene ring substituents is 1. The summed E-state index contributed by atoms with van der Waals surface area (Å²) in [5, 5.41) is 23.5. The van der Waals surface area contributed by atoms with E-state index in [1.165, 1.54) is 12.1 Å². The fourth-order valence-electron chi connectivity index (χ4n) is 1.43. The SMILES string of the molecule is C/C(=N\NC(=O)Nc1n[nH]c(=S)s1)c1ccc([N+](=O)[O-])cc1. The molecule has 2 aromatic rings. The molecule has 0 unspecified atom stereocenters. The number of anilines is 1. The van der Waals surface area contributed by atoms with Crippen LogP contribution in [0.25, 0.3) is 0 Å². The van der Waals surface area contributed by atoms with Gasteiger partial charge < -0.3 is 0 Å². The Labute approximate surface area is 133 Å². The smallest absolute Gasteiger partial charge is 0.281 e. The van der Waals surface area contributed by atoms with Crippen LogP contribution < -0.4 is 10.7 Å². The zero-order valence-corrected chi connectivity index (χ0v) is 12.8. The monoisotopic (exact) mass is 338 g/mol. The normalized spacial score (nSPS) is 11.0. The van der Waals surface area contributed by atoms with E-state index in [4.69, 9.17) is 12.2 Å². The first-order chi connectivity index (χ1) is 10.5. The molecule has 2 amide bonds. The van der Waals surface area contributed by atoms with Crippen molar-refractivity contribution in [2.75, 3.05) is 5.32 Å². The highest BCUT2D eigenvalue weighted by atomic mass is 32.1. The zero-order chi connectivity index (χ0) is 16.1. The minimum Gasteiger partial charge on any atom is -0.281 e. The van der Waals surface area contributed by atoms with Crippen LogP contribution in [-0.4, -0.2) is 26.9 Å². The largest absolute Gasteiger partial charge is 0.341 e. The van der Waals surface area contributed by atoms with Gasteiger partial charge in [-0.05, 0) is 36.8 Å². The first-order valence-electron chi connectivity index (χ1n) is 5.87. The van der Waals surface area contributed by atoms with Crippen molar-refractivity contribution in [1.82, 2.24) is 15.6 Å². The van der Waals surface area contributed by atoms with Crippen molar-refractivity contribution in [2.45, 2.75) is 6.92 Å². The van der Waals surface area contributed by atoms with Gasteiger partial charge >= 0.3 is 6.03 Å². The van der Waals surface area contributed by atoms with E-state index in [1.807, 2.05) is 0 Å². The van der Waals surface area contributed by atoms with Gasteiger partial charge in [-0.3, -0.25) is 20.5 Å². The molecule has 0 saturated heterocycles. The number of carbonyl (C=O) groups excluding carboxylic acids is 1. The van der Waals surface area contributed by atoms with Crippen molar-refractivity contribution in [1.29, 1.82) is 0 Å². The number of hydrazone groups is 1. The second-order valence-electron chi connectivity index (χ2n) is 3.99. The van der Waals surface area contributed by atoms with Crippen molar-refractivity contribution in [3.8, 4) is 0 Å². The average molecular weight is 338 g/mol. The van der Waals surface area contributed by atoms with Crippen molar-refractivity contribution >= 4 is 46.1 Å². The lowest BCUT2D eigenvalue weighted by molar-refractivity contribution is -0.384. The Bertz CT molecular complexity index is 780. The lowest BCUT2D eigenvalue weighted by atomic mass is 10.1. The summed E-state index contributed by atoms with van der Waals surface area (Å²) >= 11 is 5.95. The number of non-ortho nitro benzene ring substituents is 1. The third kappa shape index (κ3) is 4.17. The van der Waals surface area contributed by atoms with Crippen LogP contribution in [0.3, 0.4) is 0 Å². The van der Waals surface area contributed by atoms with Crippen molar-refractivity contribution in [2.24, 2.45) is 5.10 Å². The van der Waals surface area contributed by atoms with E-state index in [9.17, 15) is 14.9 Å². The van der Waals surface area contributed by atoms with Crippen LogP contribution in [0.15, 0.2) is 29.4 Å². The molecule has 9 nitrogen and oxygen atoms in total. The van der Waals surface area contributed by atoms with Gasteiger partial charge in [0.05, 0.1) is 10.6 Å². The van der Waals surface area contributed by atoms with Gasteiger partial charge in [-0.25, -0.2) is 10.2 Å². The number of hydrogen-bond donors (Lipinski definition) is 3. The first-order valence-corrected chi connectivity index (χ1v) is 7.10. The molecule has 3 N–H and O–H groups in total. The van der Waals surface area contributed by atoms with Crippen LogP contribution in [0.5, 0.6) is 0 Å². The molecule has 0 aliphatic carbocycles. The van der Waals surface area contributed by atoms with Gasteiger partial charge in [0.2, 0.25) is 5.13 Å². The number of H-pyrrole nitrogens is 1. The fourth-order valence-corrected chi connectivity index (χ4v) is 2.22. The number of aromatic amines is 1. The van der Waals surface area contributed by atoms with E-state index in [0.717, 1.165) is 11.3 Å². The van der Waals surface area contributed by atoms with Gasteiger partial charge in [0.15, 0.2) is 3.95 Å². The molecular formula is C11H10N6O3S2. The predicted octanol–water partition coefficient (Wildman–Crippen LogP) is 2.65. The van der Waals surface area contributed by atoms with Gasteiger partial charge in [-0.1, -0.05) is 11.3 Å². The summed E-state index contributed by atoms with van der Waals surface area (Å²) in [6.45, 7) is 1.67. The zero-order valence-electron chi connectivity index (χ0n) is 11.2. The molecule has 0 spiro atoms. The van der Waals surface area contributed by atoms with E-state index < -0.39 is 11.0 Å². The number of nitro groups is 1. The molecule has 0 aliphatic rings. The Balaban J connectivity index is 1.98. The third-order valence-corrected chi connectivity index (χ3v) is 3.48. The summed E-state index contributed by atoms with van der Waals surface area (Å²) in [6, 6.07) is 5.26. The number of aromatic nitrogens is 2. The molecule has 11 heteroatoms. The highest BCUT2D eigenvalue weighted by Gasteiger charge is 2.07. The minimum absolute atomic E-state index is 0.0120. The maximum Gasteiger partial charge on any atom is 0.341 e. The van der Waals surface area contributed by atoms with Gasteiger partial charge in [0.1, 0.15) is 0 Å². The number of carbonyl (C=O) groups is 1. The number of nitrogens with one attached hydrogen (secondary N) is 3. The molecule has 114 valence electrons. The number of rotatable bonds is 4. The van der Waals surface area contributed by atoms with Gasteiger partial charge in [-0.2, -0.15) is 5.10 Å². The number of benzene rings is 1. The minimum atomic E-state index is -0.570. The van der Waals surface area contributed by atoms with Crippen LogP contribution in [0.1, 0.15) is 12.5 Å². The van der Waals surface area contributed by atoms with Crippen molar-refractivity contribution in [3.63, 3.8) is 0 Å². The highest BCUT2D eigenvalue weighted by Crippen LogP contribution is 2.12. The first kappa shape index (κ1) is 15.7. The van der Waals surface area contributed by atoms with Gasteiger partial charge in [0.25, 0.3) is 5.69 Å². The van der Waals surface area contributed by atoms with Crippen molar-refractivity contribution < 1.29 is 9.72 Å². The molecule has 1 aromatic carbocycles. The molecule has 2 rings (SSSR count). The van der Waals surface area contributed by atoms with E-state index in [1.54, 1.807) is 19.1 Å². The van der Waals surface area contributed by atoms with E-state index in [2.05, 4.69) is 26.0 Å². The Morgan fingerprint density at radius 2 is 2.14 bits per heavy atom. The average Bonchev–Trinajstić information content (AvgIpc) is 2.90. The fraction of sp³-hybridized carbons (Fsp3) is 0.0909. The second kappa shape index (κ2) is 6.87. The van der Waals surface area contributed by atoms with E-state index >= 15 is 0 Å². The van der Waals surface area contributed by atoms with E-state index in [-0.39, 0.29) is 5.69 Å². The Hall–Kier alpha value is -2.66. The number of amides is 2. The predicted molar refractivity (Wildman–Crippen MR) is 84.8 cm³/mol. The molecule has 22 heavy (non-hydrogen) atoms. The Morgan fingerprint density at radius 1 is 1.45 bits per heavy atom. The summed E-state index contributed by atoms with van der Waals surface area (Å²) in [6.07, 6.45) is 0. The Kier molecular flexibility index (Phi) is 4.91. The molecule has 0 atom stereocenters. The molecule has 0 saturated carbocycles. The summed E-state index contributed by atoms with van der Waals surface area (Å²) in [7, 11) is 0. The molecule has 1 heterocycles. The van der Waals surface area contributed by atoms with Crippen LogP contribution in [0.2, 0.25) is 0 Å². The molecule has 1 aromatic heterocycles. The highest BCUT2D eigenvalue weighted by molar-refractivity contribution is 7.73. The molecule has 0 fully saturated rings. The van der Waals surface area contributed by atoms with Crippen LogP contribution in [0.4, 0.5) is 15.6 Å². The summed E-state index contributed by atoms with van der Waals surface area (Å²) < 4.78 is 0.445. The quantitative estimate of drug-likeness (QED) is 0.342. The maximum absolute atomic E-state index is 11.6. The van der Waals surface area contributed by atoms with E-state index in [0.29, 0.717) is 20.4 Å². The number of hydrogen-bond acceptors (Lipinski definition) is 7. The third-order valence-electron chi connectivity index (χ3n) is 2.48. The lowest BCUT2D eigenvalue weighted by Crippen LogP contribution is -2.25.